The molecule has 540 valence electrons. The van der Waals surface area contributed by atoms with E-state index in [4.69, 9.17) is 15.0 Å². The number of fused-ring (bicyclic) bond motifs is 34. The van der Waals surface area contributed by atoms with Gasteiger partial charge in [0.1, 0.15) is 33.5 Å². The molecule has 0 saturated carbocycles. The van der Waals surface area contributed by atoms with Gasteiger partial charge in [0.2, 0.25) is 5.95 Å². The number of hydrogen-bond donors (Lipinski definition) is 0. The minimum atomic E-state index is -0.373. The van der Waals surface area contributed by atoms with Gasteiger partial charge in [-0.3, -0.25) is 4.57 Å². The Bertz CT molecular complexity index is 8340. The number of aromatic nitrogens is 12. The Morgan fingerprint density at radius 3 is 1.09 bits per heavy atom. The molecule has 27 rings (SSSR count). The third-order valence-corrected chi connectivity index (χ3v) is 28.0. The molecule has 14 aromatic carbocycles. The number of thiophene rings is 4. The first-order chi connectivity index (χ1) is 57.6. The lowest BCUT2D eigenvalue weighted by Gasteiger charge is -2.30. The van der Waals surface area contributed by atoms with Crippen LogP contribution in [0.4, 0.5) is 0 Å². The molecule has 0 bridgehead atoms. The van der Waals surface area contributed by atoms with E-state index >= 15 is 0 Å². The van der Waals surface area contributed by atoms with E-state index in [2.05, 4.69) is 286 Å². The average molecular weight is 1550 g/mol. The summed E-state index contributed by atoms with van der Waals surface area (Å²) in [5.74, 6) is 1.85. The van der Waals surface area contributed by atoms with Crippen molar-refractivity contribution >= 4 is 192 Å². The van der Waals surface area contributed by atoms with Crippen LogP contribution in [0.2, 0.25) is 0 Å². The Hall–Kier alpha value is -14.4. The van der Waals surface area contributed by atoms with Gasteiger partial charge in [-0.15, -0.1) is 45.3 Å². The van der Waals surface area contributed by atoms with Crippen molar-refractivity contribution < 1.29 is 0 Å². The molecule has 0 radical (unpaired) electrons. The van der Waals surface area contributed by atoms with Crippen molar-refractivity contribution in [3.8, 4) is 62.4 Å². The van der Waals surface area contributed by atoms with Gasteiger partial charge < -0.3 is 9.13 Å². The van der Waals surface area contributed by atoms with Gasteiger partial charge in [-0.2, -0.15) is 9.97 Å². The molecule has 12 nitrogen and oxygen atoms in total. The predicted octanol–water partition coefficient (Wildman–Crippen LogP) is 26.1. The summed E-state index contributed by atoms with van der Waals surface area (Å²) >= 11 is 7.02. The highest BCUT2D eigenvalue weighted by Crippen LogP contribution is 2.63. The Labute approximate surface area is 676 Å². The highest BCUT2D eigenvalue weighted by molar-refractivity contribution is 7.27. The number of hydrogen-bond acceptors (Lipinski definition) is 13. The zero-order chi connectivity index (χ0) is 75.8. The van der Waals surface area contributed by atoms with Crippen molar-refractivity contribution in [3.05, 3.63) is 363 Å². The van der Waals surface area contributed by atoms with Crippen LogP contribution in [0, 0.1) is 0 Å². The molecule has 116 heavy (non-hydrogen) atoms. The minimum absolute atomic E-state index is 0.373. The van der Waals surface area contributed by atoms with E-state index in [1.807, 2.05) is 90.6 Å². The number of benzene rings is 14. The topological polar surface area (TPSA) is 131 Å². The molecule has 0 saturated heterocycles. The third-order valence-electron chi connectivity index (χ3n) is 23.6. The SMILES string of the molecule is c1ccc(-c2nc(-c3ccccc3)nc(-n3c4ccccc4c4c5c(ccc43)sc3ncncc35)n2)cc1.c1ccc2c(c1)-c1ccccc1C21c2ccccc2-c2ccc(-n3c4ccccc4c4c5c(ccc43)sc3ncncc35)cc21.c1ccc2c(c1)sc1ccc(-n3c4ccccc4c4c5c(ccc43)sc3ncncc35)cc12. The molecule has 0 N–H and O–H groups in total. The van der Waals surface area contributed by atoms with Crippen molar-refractivity contribution in [2.75, 3.05) is 0 Å². The first kappa shape index (κ1) is 65.2. The second kappa shape index (κ2) is 25.3. The zero-order valence-electron chi connectivity index (χ0n) is 61.3. The van der Waals surface area contributed by atoms with Gasteiger partial charge in [0.25, 0.3) is 0 Å². The van der Waals surface area contributed by atoms with Crippen LogP contribution in [0.5, 0.6) is 0 Å². The first-order valence-corrected chi connectivity index (χ1v) is 41.7. The summed E-state index contributed by atoms with van der Waals surface area (Å²) in [6.07, 6.45) is 10.7. The molecule has 11 heterocycles. The normalized spacial score (nSPS) is 12.7. The molecule has 25 aromatic rings. The first-order valence-electron chi connectivity index (χ1n) is 38.4. The summed E-state index contributed by atoms with van der Waals surface area (Å²) in [5.41, 5.74) is 21.5. The molecule has 11 aromatic heterocycles. The standard InChI is InChI=1S/C41H23N3S.C31H18N6S.C28H15N3S2/c1-5-13-31-25(9-1)26-10-2-6-14-32(26)41(31)33-15-7-3-11-27(33)28-18-17-24(21-34(28)41)44-35-16-8-4-12-29(35)38-36(44)19-20-37-39(38)30-22-42-23-43-40(30)45-37;1-3-9-19(10-4-1)28-34-29(20-11-5-2-6-12-20)36-31(35-28)37-23-14-8-7-13-21(23)26-24(37)15-16-25-27(26)22-17-32-18-33-30(22)38-25;1-3-7-21-18(6-1)26-22(10-12-25-27(26)20-14-29-15-30-28(20)33-25)31(21)16-9-11-24-19(13-16)17-5-2-4-8-23(17)32-24/h1-23H;1-18H;1-15H. The second-order valence-electron chi connectivity index (χ2n) is 29.5. The fourth-order valence-electron chi connectivity index (χ4n) is 19.0. The summed E-state index contributed by atoms with van der Waals surface area (Å²) < 4.78 is 13.3. The van der Waals surface area contributed by atoms with Crippen LogP contribution in [0.3, 0.4) is 0 Å². The Morgan fingerprint density at radius 1 is 0.241 bits per heavy atom. The van der Waals surface area contributed by atoms with Gasteiger partial charge in [-0.25, -0.2) is 34.9 Å². The van der Waals surface area contributed by atoms with Crippen molar-refractivity contribution in [1.29, 1.82) is 0 Å². The molecule has 0 amide bonds. The van der Waals surface area contributed by atoms with Gasteiger partial charge in [-0.05, 0) is 136 Å². The molecule has 0 fully saturated rings. The fourth-order valence-corrected chi connectivity index (χ4v) is 23.1. The second-order valence-corrected chi connectivity index (χ2v) is 33.7. The molecule has 16 heteroatoms. The summed E-state index contributed by atoms with van der Waals surface area (Å²) in [6.45, 7) is 0. The fraction of sp³-hybridized carbons (Fsp3) is 0.0100. The van der Waals surface area contributed by atoms with Crippen molar-refractivity contribution in [1.82, 2.24) is 58.6 Å². The quantitative estimate of drug-likeness (QED) is 0.165. The number of nitrogens with zero attached hydrogens (tertiary/aromatic N) is 12. The van der Waals surface area contributed by atoms with Crippen LogP contribution >= 0.6 is 45.3 Å². The molecule has 0 atom stereocenters. The summed E-state index contributed by atoms with van der Waals surface area (Å²) in [5, 5.41) is 17.0. The molecular weight excluding hydrogens is 1500 g/mol. The highest BCUT2D eigenvalue weighted by atomic mass is 32.1. The van der Waals surface area contributed by atoms with Crippen LogP contribution < -0.4 is 0 Å². The van der Waals surface area contributed by atoms with E-state index in [1.165, 1.54) is 150 Å². The van der Waals surface area contributed by atoms with E-state index in [0.717, 1.165) is 63.6 Å². The Balaban J connectivity index is 0.0000000987. The molecule has 0 unspecified atom stereocenters. The van der Waals surface area contributed by atoms with Gasteiger partial charge >= 0.3 is 0 Å². The third kappa shape index (κ3) is 9.42. The van der Waals surface area contributed by atoms with Crippen molar-refractivity contribution in [2.45, 2.75) is 5.41 Å². The Kier molecular flexibility index (Phi) is 14.2. The maximum Gasteiger partial charge on any atom is 0.238 e. The van der Waals surface area contributed by atoms with Crippen LogP contribution in [-0.2, 0) is 5.41 Å². The van der Waals surface area contributed by atoms with E-state index < -0.39 is 0 Å². The Morgan fingerprint density at radius 2 is 0.612 bits per heavy atom. The number of para-hydroxylation sites is 3. The molecule has 2 aliphatic carbocycles. The lowest BCUT2D eigenvalue weighted by Crippen LogP contribution is -2.26. The zero-order valence-corrected chi connectivity index (χ0v) is 64.6. The average Bonchev–Trinajstić information content (AvgIpc) is 1.50. The van der Waals surface area contributed by atoms with Crippen LogP contribution in [0.25, 0.3) is 209 Å². The van der Waals surface area contributed by atoms with Gasteiger partial charge in [0.15, 0.2) is 11.6 Å². The lowest BCUT2D eigenvalue weighted by atomic mass is 9.70. The summed E-state index contributed by atoms with van der Waals surface area (Å²) in [7, 11) is 0. The predicted molar refractivity (Wildman–Crippen MR) is 481 cm³/mol. The lowest BCUT2D eigenvalue weighted by molar-refractivity contribution is 0.792. The maximum atomic E-state index is 5.02. The summed E-state index contributed by atoms with van der Waals surface area (Å²) in [4.78, 5) is 44.7. The maximum absolute atomic E-state index is 5.02. The van der Waals surface area contributed by atoms with E-state index in [-0.39, 0.29) is 5.41 Å². The van der Waals surface area contributed by atoms with E-state index in [9.17, 15) is 0 Å². The summed E-state index contributed by atoms with van der Waals surface area (Å²) in [6, 6.07) is 109. The molecule has 1 spiro atoms. The highest BCUT2D eigenvalue weighted by Gasteiger charge is 2.51. The van der Waals surface area contributed by atoms with Crippen LogP contribution in [-0.4, -0.2) is 58.6 Å². The number of rotatable bonds is 5. The van der Waals surface area contributed by atoms with Gasteiger partial charge in [0.05, 0.1) is 38.5 Å². The van der Waals surface area contributed by atoms with Gasteiger partial charge in [-0.1, -0.05) is 212 Å². The van der Waals surface area contributed by atoms with Crippen molar-refractivity contribution in [2.24, 2.45) is 0 Å². The minimum Gasteiger partial charge on any atom is -0.309 e. The molecule has 0 aliphatic heterocycles. The molecule has 2 aliphatic rings. The van der Waals surface area contributed by atoms with E-state index in [1.54, 1.807) is 53.0 Å². The van der Waals surface area contributed by atoms with Crippen LogP contribution in [0.1, 0.15) is 22.3 Å². The van der Waals surface area contributed by atoms with Gasteiger partial charge in [0, 0.05) is 140 Å². The molecular formula is C100H56N12S4. The monoisotopic (exact) mass is 1550 g/mol. The van der Waals surface area contributed by atoms with Crippen molar-refractivity contribution in [3.63, 3.8) is 0 Å². The van der Waals surface area contributed by atoms with E-state index in [0.29, 0.717) is 17.6 Å². The smallest absolute Gasteiger partial charge is 0.238 e. The van der Waals surface area contributed by atoms with Crippen LogP contribution in [0.15, 0.2) is 341 Å². The largest absolute Gasteiger partial charge is 0.309 e.